The molecule has 1 amide bonds. The predicted molar refractivity (Wildman–Crippen MR) is 102 cm³/mol. The normalized spacial score (nSPS) is 11.5. The number of hydrogen-bond donors (Lipinski definition) is 1. The number of ether oxygens (including phenoxy) is 2. The van der Waals surface area contributed by atoms with Crippen LogP contribution in [-0.4, -0.2) is 25.1 Å². The van der Waals surface area contributed by atoms with Gasteiger partial charge in [0.15, 0.2) is 6.10 Å². The van der Waals surface area contributed by atoms with Crippen LogP contribution in [0.25, 0.3) is 0 Å². The first-order valence-corrected chi connectivity index (χ1v) is 8.76. The second-order valence-corrected chi connectivity index (χ2v) is 5.92. The molecule has 1 N–H and O–H groups in total. The van der Waals surface area contributed by atoms with E-state index in [2.05, 4.69) is 23.9 Å². The van der Waals surface area contributed by atoms with Gasteiger partial charge < -0.3 is 14.8 Å². The first-order valence-electron chi connectivity index (χ1n) is 8.76. The SMILES string of the molecule is CCc1cccc(CC)c1NC(=O)c1ccc(O[C@H](C)C(=O)OC)cc1. The number of rotatable bonds is 7. The number of esters is 1. The lowest BCUT2D eigenvalue weighted by atomic mass is 10.0. The second kappa shape index (κ2) is 9.04. The van der Waals surface area contributed by atoms with Gasteiger partial charge in [0, 0.05) is 11.3 Å². The van der Waals surface area contributed by atoms with Gasteiger partial charge in [0.25, 0.3) is 5.91 Å². The van der Waals surface area contributed by atoms with Gasteiger partial charge in [0.1, 0.15) is 5.75 Å². The highest BCUT2D eigenvalue weighted by Gasteiger charge is 2.15. The van der Waals surface area contributed by atoms with Gasteiger partial charge in [-0.3, -0.25) is 4.79 Å². The van der Waals surface area contributed by atoms with Crippen molar-refractivity contribution >= 4 is 17.6 Å². The zero-order valence-electron chi connectivity index (χ0n) is 15.7. The highest BCUT2D eigenvalue weighted by Crippen LogP contribution is 2.24. The summed E-state index contributed by atoms with van der Waals surface area (Å²) in [7, 11) is 1.31. The van der Waals surface area contributed by atoms with Crippen LogP contribution >= 0.6 is 0 Å². The largest absolute Gasteiger partial charge is 0.479 e. The molecule has 0 saturated carbocycles. The smallest absolute Gasteiger partial charge is 0.346 e. The number of hydrogen-bond acceptors (Lipinski definition) is 4. The minimum Gasteiger partial charge on any atom is -0.479 e. The average molecular weight is 355 g/mol. The Hall–Kier alpha value is -2.82. The molecule has 0 radical (unpaired) electrons. The van der Waals surface area contributed by atoms with Crippen molar-refractivity contribution < 1.29 is 19.1 Å². The van der Waals surface area contributed by atoms with Gasteiger partial charge >= 0.3 is 5.97 Å². The highest BCUT2D eigenvalue weighted by molar-refractivity contribution is 6.05. The quantitative estimate of drug-likeness (QED) is 0.762. The Morgan fingerprint density at radius 3 is 2.08 bits per heavy atom. The second-order valence-electron chi connectivity index (χ2n) is 5.92. The Bertz CT molecular complexity index is 746. The summed E-state index contributed by atoms with van der Waals surface area (Å²) >= 11 is 0. The van der Waals surface area contributed by atoms with Gasteiger partial charge in [0.05, 0.1) is 7.11 Å². The zero-order valence-corrected chi connectivity index (χ0v) is 15.7. The van der Waals surface area contributed by atoms with Crippen molar-refractivity contribution in [3.8, 4) is 5.75 Å². The van der Waals surface area contributed by atoms with Gasteiger partial charge in [-0.15, -0.1) is 0 Å². The van der Waals surface area contributed by atoms with Crippen LogP contribution in [0.1, 0.15) is 42.3 Å². The minimum absolute atomic E-state index is 0.173. The van der Waals surface area contributed by atoms with Gasteiger partial charge in [-0.1, -0.05) is 32.0 Å². The van der Waals surface area contributed by atoms with Crippen molar-refractivity contribution in [3.05, 3.63) is 59.2 Å². The highest BCUT2D eigenvalue weighted by atomic mass is 16.6. The predicted octanol–water partition coefficient (Wildman–Crippen LogP) is 4.00. The Labute approximate surface area is 154 Å². The van der Waals surface area contributed by atoms with Crippen molar-refractivity contribution in [2.75, 3.05) is 12.4 Å². The Kier molecular flexibility index (Phi) is 6.78. The maximum atomic E-state index is 12.6. The van der Waals surface area contributed by atoms with E-state index in [4.69, 9.17) is 4.74 Å². The molecule has 0 aromatic heterocycles. The summed E-state index contributed by atoms with van der Waals surface area (Å²) in [6.45, 7) is 5.75. The number of amides is 1. The van der Waals surface area contributed by atoms with E-state index in [9.17, 15) is 9.59 Å². The summed E-state index contributed by atoms with van der Waals surface area (Å²) in [5, 5.41) is 3.03. The van der Waals surface area contributed by atoms with Gasteiger partial charge in [-0.05, 0) is 55.2 Å². The topological polar surface area (TPSA) is 64.6 Å². The summed E-state index contributed by atoms with van der Waals surface area (Å²) in [6.07, 6.45) is 0.992. The molecule has 2 rings (SSSR count). The van der Waals surface area contributed by atoms with Crippen LogP contribution in [0.3, 0.4) is 0 Å². The number of para-hydroxylation sites is 1. The minimum atomic E-state index is -0.705. The fraction of sp³-hybridized carbons (Fsp3) is 0.333. The lowest BCUT2D eigenvalue weighted by molar-refractivity contribution is -0.147. The molecule has 0 saturated heterocycles. The third-order valence-electron chi connectivity index (χ3n) is 4.20. The maximum absolute atomic E-state index is 12.6. The summed E-state index contributed by atoms with van der Waals surface area (Å²) < 4.78 is 10.1. The molecule has 0 aliphatic heterocycles. The van der Waals surface area contributed by atoms with Crippen molar-refractivity contribution in [1.82, 2.24) is 0 Å². The van der Waals surface area contributed by atoms with E-state index in [1.807, 2.05) is 18.2 Å². The third-order valence-corrected chi connectivity index (χ3v) is 4.20. The third kappa shape index (κ3) is 4.63. The summed E-state index contributed by atoms with van der Waals surface area (Å²) in [4.78, 5) is 24.0. The molecule has 0 unspecified atom stereocenters. The van der Waals surface area contributed by atoms with E-state index in [0.29, 0.717) is 11.3 Å². The summed E-state index contributed by atoms with van der Waals surface area (Å²) in [6, 6.07) is 12.8. The Balaban J connectivity index is 2.13. The number of carbonyl (C=O) groups excluding carboxylic acids is 2. The molecule has 138 valence electrons. The average Bonchev–Trinajstić information content (AvgIpc) is 2.67. The molecule has 2 aromatic rings. The molecule has 0 aliphatic rings. The lowest BCUT2D eigenvalue weighted by Crippen LogP contribution is -2.24. The lowest BCUT2D eigenvalue weighted by Gasteiger charge is -2.15. The molecule has 0 aliphatic carbocycles. The van der Waals surface area contributed by atoms with E-state index in [1.165, 1.54) is 7.11 Å². The molecule has 1 atom stereocenters. The molecule has 0 heterocycles. The molecule has 5 heteroatoms. The van der Waals surface area contributed by atoms with Gasteiger partial charge in [-0.2, -0.15) is 0 Å². The van der Waals surface area contributed by atoms with Crippen molar-refractivity contribution in [2.45, 2.75) is 39.7 Å². The number of carbonyl (C=O) groups is 2. The number of aryl methyl sites for hydroxylation is 2. The van der Waals surface area contributed by atoms with Crippen molar-refractivity contribution in [3.63, 3.8) is 0 Å². The van der Waals surface area contributed by atoms with Crippen LogP contribution in [-0.2, 0) is 22.4 Å². The van der Waals surface area contributed by atoms with Crippen LogP contribution in [0.5, 0.6) is 5.75 Å². The maximum Gasteiger partial charge on any atom is 0.346 e. The molecule has 5 nitrogen and oxygen atoms in total. The van der Waals surface area contributed by atoms with Gasteiger partial charge in [-0.25, -0.2) is 4.79 Å². The number of methoxy groups -OCH3 is 1. The molecular formula is C21H25NO4. The van der Waals surface area contributed by atoms with E-state index < -0.39 is 12.1 Å². The fourth-order valence-corrected chi connectivity index (χ4v) is 2.69. The van der Waals surface area contributed by atoms with Gasteiger partial charge in [0.2, 0.25) is 0 Å². The Morgan fingerprint density at radius 2 is 1.58 bits per heavy atom. The standard InChI is InChI=1S/C21H25NO4/c1-5-15-8-7-9-16(6-2)19(15)22-20(23)17-10-12-18(13-11-17)26-14(3)21(24)25-4/h7-14H,5-6H2,1-4H3,(H,22,23)/t14-/m1/s1. The van der Waals surface area contributed by atoms with Crippen LogP contribution in [0.15, 0.2) is 42.5 Å². The van der Waals surface area contributed by atoms with Crippen molar-refractivity contribution in [1.29, 1.82) is 0 Å². The zero-order chi connectivity index (χ0) is 19.1. The molecule has 0 spiro atoms. The van der Waals surface area contributed by atoms with Crippen LogP contribution in [0, 0.1) is 0 Å². The van der Waals surface area contributed by atoms with Crippen molar-refractivity contribution in [2.24, 2.45) is 0 Å². The number of anilines is 1. The summed E-state index contributed by atoms with van der Waals surface area (Å²) in [5.74, 6) is -0.120. The van der Waals surface area contributed by atoms with Crippen LogP contribution in [0.4, 0.5) is 5.69 Å². The molecular weight excluding hydrogens is 330 g/mol. The monoisotopic (exact) mass is 355 g/mol. The van der Waals surface area contributed by atoms with E-state index in [1.54, 1.807) is 31.2 Å². The molecule has 0 fully saturated rings. The van der Waals surface area contributed by atoms with Crippen LogP contribution < -0.4 is 10.1 Å². The fourth-order valence-electron chi connectivity index (χ4n) is 2.69. The van der Waals surface area contributed by atoms with E-state index >= 15 is 0 Å². The molecule has 26 heavy (non-hydrogen) atoms. The molecule has 0 bridgehead atoms. The Morgan fingerprint density at radius 1 is 1.00 bits per heavy atom. The van der Waals surface area contributed by atoms with Crippen LogP contribution in [0.2, 0.25) is 0 Å². The van der Waals surface area contributed by atoms with E-state index in [0.717, 1.165) is 29.7 Å². The number of nitrogens with one attached hydrogen (secondary N) is 1. The number of benzene rings is 2. The molecule has 2 aromatic carbocycles. The van der Waals surface area contributed by atoms with E-state index in [-0.39, 0.29) is 5.91 Å². The summed E-state index contributed by atoms with van der Waals surface area (Å²) in [5.41, 5.74) is 3.65. The first kappa shape index (κ1) is 19.5. The first-order chi connectivity index (χ1) is 12.5.